The smallest absolute Gasteiger partial charge is 0.306 e. The molecule has 0 fully saturated rings. The number of benzene rings is 1. The first kappa shape index (κ1) is 12.3. The van der Waals surface area contributed by atoms with Crippen LogP contribution in [-0.2, 0) is 11.2 Å². The summed E-state index contributed by atoms with van der Waals surface area (Å²) in [5.74, 6) is -1.11. The Kier molecular flexibility index (Phi) is 4.11. The molecule has 1 atom stereocenters. The van der Waals surface area contributed by atoms with Crippen molar-refractivity contribution in [3.63, 3.8) is 0 Å². The van der Waals surface area contributed by atoms with Crippen LogP contribution in [-0.4, -0.2) is 11.1 Å². The number of aliphatic carboxylic acids is 1. The number of carboxylic acids is 1. The van der Waals surface area contributed by atoms with Crippen molar-refractivity contribution in [1.29, 1.82) is 0 Å². The van der Waals surface area contributed by atoms with Gasteiger partial charge in [0, 0.05) is 11.4 Å². The predicted octanol–water partition coefficient (Wildman–Crippen LogP) is 2.90. The number of nitrogens with one attached hydrogen (secondary N) is 1. The van der Waals surface area contributed by atoms with Gasteiger partial charge >= 0.3 is 5.97 Å². The number of anilines is 1. The van der Waals surface area contributed by atoms with E-state index in [1.165, 1.54) is 0 Å². The molecular weight excluding hydrogens is 202 g/mol. The maximum Gasteiger partial charge on any atom is 0.306 e. The molecule has 0 saturated carbocycles. The lowest BCUT2D eigenvalue weighted by Crippen LogP contribution is -2.12. The minimum Gasteiger partial charge on any atom is -0.481 e. The Labute approximate surface area is 95.8 Å². The van der Waals surface area contributed by atoms with Gasteiger partial charge in [-0.2, -0.15) is 0 Å². The van der Waals surface area contributed by atoms with Gasteiger partial charge in [-0.3, -0.25) is 4.79 Å². The fourth-order valence-corrected chi connectivity index (χ4v) is 1.41. The highest BCUT2D eigenvalue weighted by Gasteiger charge is 2.11. The van der Waals surface area contributed by atoms with Crippen LogP contribution < -0.4 is 5.32 Å². The number of carboxylic acid groups (broad SMARTS) is 1. The van der Waals surface area contributed by atoms with Crippen LogP contribution in [0.4, 0.5) is 5.69 Å². The van der Waals surface area contributed by atoms with Crippen molar-refractivity contribution in [2.24, 2.45) is 5.92 Å². The highest BCUT2D eigenvalue weighted by atomic mass is 16.4. The molecule has 0 aliphatic carbocycles. The van der Waals surface area contributed by atoms with Crippen LogP contribution in [0.5, 0.6) is 0 Å². The quantitative estimate of drug-likeness (QED) is 0.800. The molecule has 0 saturated heterocycles. The highest BCUT2D eigenvalue weighted by molar-refractivity contribution is 5.69. The standard InChI is InChI=1S/C13H17NO2/c1-9(2)14-12-6-4-11(5-7-12)8-10(3)13(15)16/h4-7,10,14H,1,8H2,2-3H3,(H,15,16). The van der Waals surface area contributed by atoms with Gasteiger partial charge in [-0.05, 0) is 31.0 Å². The molecular formula is C13H17NO2. The van der Waals surface area contributed by atoms with Gasteiger partial charge < -0.3 is 10.4 Å². The Morgan fingerprint density at radius 2 is 2.00 bits per heavy atom. The van der Waals surface area contributed by atoms with E-state index in [2.05, 4.69) is 11.9 Å². The molecule has 1 aromatic carbocycles. The molecule has 0 heterocycles. The second-order valence-electron chi connectivity index (χ2n) is 4.05. The first-order chi connectivity index (χ1) is 7.49. The highest BCUT2D eigenvalue weighted by Crippen LogP contribution is 2.14. The molecule has 0 aliphatic rings. The summed E-state index contributed by atoms with van der Waals surface area (Å²) < 4.78 is 0. The Hall–Kier alpha value is -1.77. The second kappa shape index (κ2) is 5.35. The van der Waals surface area contributed by atoms with Gasteiger partial charge in [0.05, 0.1) is 5.92 Å². The summed E-state index contributed by atoms with van der Waals surface area (Å²) in [6, 6.07) is 7.73. The molecule has 86 valence electrons. The van der Waals surface area contributed by atoms with Crippen LogP contribution in [0.25, 0.3) is 0 Å². The number of rotatable bonds is 5. The van der Waals surface area contributed by atoms with E-state index in [-0.39, 0.29) is 5.92 Å². The molecule has 3 nitrogen and oxygen atoms in total. The van der Waals surface area contributed by atoms with Gasteiger partial charge in [0.2, 0.25) is 0 Å². The zero-order valence-electron chi connectivity index (χ0n) is 9.66. The van der Waals surface area contributed by atoms with Crippen molar-refractivity contribution >= 4 is 11.7 Å². The van der Waals surface area contributed by atoms with Crippen molar-refractivity contribution < 1.29 is 9.90 Å². The van der Waals surface area contributed by atoms with Gasteiger partial charge in [0.1, 0.15) is 0 Å². The van der Waals surface area contributed by atoms with E-state index in [4.69, 9.17) is 5.11 Å². The molecule has 16 heavy (non-hydrogen) atoms. The maximum absolute atomic E-state index is 10.7. The summed E-state index contributed by atoms with van der Waals surface area (Å²) >= 11 is 0. The molecule has 3 heteroatoms. The molecule has 1 rings (SSSR count). The van der Waals surface area contributed by atoms with E-state index >= 15 is 0 Å². The number of allylic oxidation sites excluding steroid dienone is 1. The largest absolute Gasteiger partial charge is 0.481 e. The fraction of sp³-hybridized carbons (Fsp3) is 0.308. The molecule has 1 unspecified atom stereocenters. The molecule has 0 radical (unpaired) electrons. The molecule has 0 amide bonds. The number of hydrogen-bond donors (Lipinski definition) is 2. The van der Waals surface area contributed by atoms with Crippen LogP contribution in [0, 0.1) is 5.92 Å². The van der Waals surface area contributed by atoms with E-state index in [1.807, 2.05) is 31.2 Å². The molecule has 2 N–H and O–H groups in total. The Morgan fingerprint density at radius 3 is 2.44 bits per heavy atom. The van der Waals surface area contributed by atoms with E-state index in [0.29, 0.717) is 6.42 Å². The monoisotopic (exact) mass is 219 g/mol. The van der Waals surface area contributed by atoms with E-state index in [9.17, 15) is 4.79 Å². The van der Waals surface area contributed by atoms with Crippen LogP contribution in [0.2, 0.25) is 0 Å². The van der Waals surface area contributed by atoms with Crippen molar-refractivity contribution in [2.45, 2.75) is 20.3 Å². The van der Waals surface area contributed by atoms with E-state index in [1.54, 1.807) is 6.92 Å². The maximum atomic E-state index is 10.7. The van der Waals surface area contributed by atoms with Crippen LogP contribution >= 0.6 is 0 Å². The summed E-state index contributed by atoms with van der Waals surface area (Å²) in [5, 5.41) is 11.9. The van der Waals surface area contributed by atoms with Crippen LogP contribution in [0.1, 0.15) is 19.4 Å². The Morgan fingerprint density at radius 1 is 1.44 bits per heavy atom. The predicted molar refractivity (Wildman–Crippen MR) is 65.4 cm³/mol. The fourth-order valence-electron chi connectivity index (χ4n) is 1.41. The van der Waals surface area contributed by atoms with Gasteiger partial charge in [-0.25, -0.2) is 0 Å². The summed E-state index contributed by atoms with van der Waals surface area (Å²) in [7, 11) is 0. The summed E-state index contributed by atoms with van der Waals surface area (Å²) in [6.07, 6.45) is 0.558. The van der Waals surface area contributed by atoms with Crippen molar-refractivity contribution in [3.05, 3.63) is 42.1 Å². The zero-order chi connectivity index (χ0) is 12.1. The molecule has 0 aliphatic heterocycles. The third-order valence-corrected chi connectivity index (χ3v) is 2.28. The van der Waals surface area contributed by atoms with Crippen molar-refractivity contribution in [2.75, 3.05) is 5.32 Å². The third kappa shape index (κ3) is 3.77. The minimum absolute atomic E-state index is 0.347. The SMILES string of the molecule is C=C(C)Nc1ccc(CC(C)C(=O)O)cc1. The number of carbonyl (C=O) groups is 1. The Bertz CT molecular complexity index is 381. The summed E-state index contributed by atoms with van der Waals surface area (Å²) in [6.45, 7) is 7.36. The molecule has 1 aromatic rings. The average molecular weight is 219 g/mol. The van der Waals surface area contributed by atoms with Gasteiger partial charge in [-0.15, -0.1) is 0 Å². The zero-order valence-corrected chi connectivity index (χ0v) is 9.66. The lowest BCUT2D eigenvalue weighted by molar-refractivity contribution is -0.141. The third-order valence-electron chi connectivity index (χ3n) is 2.28. The topological polar surface area (TPSA) is 49.3 Å². The first-order valence-corrected chi connectivity index (χ1v) is 5.23. The summed E-state index contributed by atoms with van der Waals surface area (Å²) in [5.41, 5.74) is 2.88. The first-order valence-electron chi connectivity index (χ1n) is 5.23. The van der Waals surface area contributed by atoms with E-state index in [0.717, 1.165) is 16.9 Å². The normalized spacial score (nSPS) is 11.9. The van der Waals surface area contributed by atoms with E-state index < -0.39 is 5.97 Å². The van der Waals surface area contributed by atoms with Crippen LogP contribution in [0.3, 0.4) is 0 Å². The van der Waals surface area contributed by atoms with Gasteiger partial charge in [-0.1, -0.05) is 25.6 Å². The van der Waals surface area contributed by atoms with Crippen molar-refractivity contribution in [1.82, 2.24) is 0 Å². The van der Waals surface area contributed by atoms with Gasteiger partial charge in [0.25, 0.3) is 0 Å². The average Bonchev–Trinajstić information content (AvgIpc) is 2.20. The minimum atomic E-state index is -0.760. The lowest BCUT2D eigenvalue weighted by atomic mass is 10.0. The lowest BCUT2D eigenvalue weighted by Gasteiger charge is -2.08. The second-order valence-corrected chi connectivity index (χ2v) is 4.05. The van der Waals surface area contributed by atoms with Crippen molar-refractivity contribution in [3.8, 4) is 0 Å². The van der Waals surface area contributed by atoms with Gasteiger partial charge in [0.15, 0.2) is 0 Å². The molecule has 0 bridgehead atoms. The van der Waals surface area contributed by atoms with Crippen LogP contribution in [0.15, 0.2) is 36.5 Å². The molecule has 0 aromatic heterocycles. The Balaban J connectivity index is 2.64. The summed E-state index contributed by atoms with van der Waals surface area (Å²) in [4.78, 5) is 10.7. The number of hydrogen-bond acceptors (Lipinski definition) is 2. The molecule has 0 spiro atoms.